The first-order valence-corrected chi connectivity index (χ1v) is 7.97. The minimum absolute atomic E-state index is 0.414. The molecule has 18 heavy (non-hydrogen) atoms. The van der Waals surface area contributed by atoms with Crippen LogP contribution in [0.15, 0.2) is 0 Å². The van der Waals surface area contributed by atoms with Crippen LogP contribution in [0, 0.1) is 0 Å². The molecule has 2 N–H and O–H groups in total. The molecule has 2 atom stereocenters. The van der Waals surface area contributed by atoms with Crippen LogP contribution in [-0.4, -0.2) is 47.3 Å². The lowest BCUT2D eigenvalue weighted by Crippen LogP contribution is -2.47. The Hall–Kier alpha value is -0.120. The Morgan fingerprint density at radius 3 is 2.56 bits per heavy atom. The molecule has 0 bridgehead atoms. The minimum Gasteiger partial charge on any atom is -0.389 e. The molecule has 2 aliphatic heterocycles. The van der Waals surface area contributed by atoms with Gasteiger partial charge in [0.25, 0.3) is 0 Å². The number of hydrogen-bond acceptors (Lipinski definition) is 3. The Bertz CT molecular complexity index is 274. The molecule has 0 aromatic rings. The molecule has 1 aliphatic carbocycles. The van der Waals surface area contributed by atoms with Gasteiger partial charge in [0.1, 0.15) is 0 Å². The molecule has 3 aliphatic rings. The van der Waals surface area contributed by atoms with Crippen molar-refractivity contribution in [2.24, 2.45) is 0 Å². The first-order valence-electron chi connectivity index (χ1n) is 7.97. The maximum absolute atomic E-state index is 10.7. The Morgan fingerprint density at radius 1 is 1.00 bits per heavy atom. The van der Waals surface area contributed by atoms with E-state index in [4.69, 9.17) is 0 Å². The molecule has 104 valence electrons. The predicted octanol–water partition coefficient (Wildman–Crippen LogP) is 1.90. The van der Waals surface area contributed by atoms with Crippen molar-refractivity contribution >= 4 is 0 Å². The van der Waals surface area contributed by atoms with E-state index in [1.54, 1.807) is 0 Å². The monoisotopic (exact) mass is 252 g/mol. The van der Waals surface area contributed by atoms with E-state index in [0.29, 0.717) is 6.04 Å². The minimum atomic E-state index is -0.414. The van der Waals surface area contributed by atoms with E-state index < -0.39 is 5.60 Å². The summed E-state index contributed by atoms with van der Waals surface area (Å²) in [4.78, 5) is 2.63. The van der Waals surface area contributed by atoms with Crippen molar-refractivity contribution in [3.05, 3.63) is 0 Å². The summed E-state index contributed by atoms with van der Waals surface area (Å²) in [6.07, 6.45) is 11.0. The van der Waals surface area contributed by atoms with Crippen molar-refractivity contribution < 1.29 is 5.11 Å². The molecule has 3 heteroatoms. The molecule has 0 radical (unpaired) electrons. The molecular formula is C15H28N2O. The molecule has 2 saturated heterocycles. The Balaban J connectivity index is 1.51. The summed E-state index contributed by atoms with van der Waals surface area (Å²) in [6.45, 7) is 3.38. The van der Waals surface area contributed by atoms with Crippen LogP contribution in [0.3, 0.4) is 0 Å². The standard InChI is InChI=1S/C15H28N2O/c18-15(8-3-1-2-4-9-15)12-16-13-7-11-17-10-5-6-14(13)17/h13-14,16,18H,1-12H2. The third-order valence-electron chi connectivity index (χ3n) is 5.33. The van der Waals surface area contributed by atoms with Gasteiger partial charge >= 0.3 is 0 Å². The lowest BCUT2D eigenvalue weighted by Gasteiger charge is -2.30. The average Bonchev–Trinajstić information content (AvgIpc) is 2.89. The highest BCUT2D eigenvalue weighted by atomic mass is 16.3. The summed E-state index contributed by atoms with van der Waals surface area (Å²) in [6, 6.07) is 1.40. The zero-order chi connectivity index (χ0) is 12.4. The molecule has 0 aromatic carbocycles. The highest BCUT2D eigenvalue weighted by Gasteiger charge is 2.38. The summed E-state index contributed by atoms with van der Waals surface area (Å²) in [5.74, 6) is 0. The fourth-order valence-corrected chi connectivity index (χ4v) is 4.21. The third kappa shape index (κ3) is 2.73. The van der Waals surface area contributed by atoms with E-state index in [1.807, 2.05) is 0 Å². The second-order valence-corrected chi connectivity index (χ2v) is 6.66. The first-order chi connectivity index (χ1) is 8.77. The number of hydrogen-bond donors (Lipinski definition) is 2. The van der Waals surface area contributed by atoms with Crippen LogP contribution in [-0.2, 0) is 0 Å². The van der Waals surface area contributed by atoms with Gasteiger partial charge < -0.3 is 10.4 Å². The van der Waals surface area contributed by atoms with E-state index in [-0.39, 0.29) is 0 Å². The molecule has 3 fully saturated rings. The van der Waals surface area contributed by atoms with Crippen molar-refractivity contribution in [1.82, 2.24) is 10.2 Å². The molecule has 3 rings (SSSR count). The molecule has 1 saturated carbocycles. The zero-order valence-corrected chi connectivity index (χ0v) is 11.5. The third-order valence-corrected chi connectivity index (χ3v) is 5.33. The van der Waals surface area contributed by atoms with Crippen LogP contribution in [0.25, 0.3) is 0 Å². The second-order valence-electron chi connectivity index (χ2n) is 6.66. The molecule has 0 aromatic heterocycles. The van der Waals surface area contributed by atoms with Crippen LogP contribution in [0.2, 0.25) is 0 Å². The van der Waals surface area contributed by atoms with Crippen LogP contribution < -0.4 is 5.32 Å². The topological polar surface area (TPSA) is 35.5 Å². The lowest BCUT2D eigenvalue weighted by atomic mass is 9.93. The Labute approximate surface area is 111 Å². The number of nitrogens with one attached hydrogen (secondary N) is 1. The van der Waals surface area contributed by atoms with Gasteiger partial charge in [-0.05, 0) is 38.6 Å². The van der Waals surface area contributed by atoms with Crippen LogP contribution in [0.4, 0.5) is 0 Å². The quantitative estimate of drug-likeness (QED) is 0.753. The van der Waals surface area contributed by atoms with E-state index in [1.165, 1.54) is 58.0 Å². The highest BCUT2D eigenvalue weighted by molar-refractivity contribution is 4.97. The summed E-state index contributed by atoms with van der Waals surface area (Å²) >= 11 is 0. The van der Waals surface area contributed by atoms with Gasteiger partial charge in [-0.15, -0.1) is 0 Å². The molecule has 2 heterocycles. The average molecular weight is 252 g/mol. The van der Waals surface area contributed by atoms with Crippen LogP contribution >= 0.6 is 0 Å². The highest BCUT2D eigenvalue weighted by Crippen LogP contribution is 2.30. The fourth-order valence-electron chi connectivity index (χ4n) is 4.21. The molecule has 2 unspecified atom stereocenters. The summed E-state index contributed by atoms with van der Waals surface area (Å²) in [5.41, 5.74) is -0.414. The maximum atomic E-state index is 10.7. The molecule has 0 amide bonds. The van der Waals surface area contributed by atoms with Crippen molar-refractivity contribution in [2.75, 3.05) is 19.6 Å². The van der Waals surface area contributed by atoms with Gasteiger partial charge in [-0.25, -0.2) is 0 Å². The molecule has 0 spiro atoms. The number of nitrogens with zero attached hydrogens (tertiary/aromatic N) is 1. The van der Waals surface area contributed by atoms with Gasteiger partial charge in [0.15, 0.2) is 0 Å². The number of fused-ring (bicyclic) bond motifs is 1. The van der Waals surface area contributed by atoms with Crippen LogP contribution in [0.5, 0.6) is 0 Å². The summed E-state index contributed by atoms with van der Waals surface area (Å²) in [7, 11) is 0. The van der Waals surface area contributed by atoms with Crippen molar-refractivity contribution in [3.63, 3.8) is 0 Å². The van der Waals surface area contributed by atoms with E-state index in [9.17, 15) is 5.11 Å². The summed E-state index contributed by atoms with van der Waals surface area (Å²) in [5, 5.41) is 14.4. The normalized spacial score (nSPS) is 36.5. The van der Waals surface area contributed by atoms with Crippen LogP contribution in [0.1, 0.15) is 57.8 Å². The van der Waals surface area contributed by atoms with Gasteiger partial charge in [0.05, 0.1) is 5.60 Å². The van der Waals surface area contributed by atoms with Gasteiger partial charge in [-0.1, -0.05) is 25.7 Å². The lowest BCUT2D eigenvalue weighted by molar-refractivity contribution is 0.0219. The van der Waals surface area contributed by atoms with Gasteiger partial charge in [0, 0.05) is 25.2 Å². The number of aliphatic hydroxyl groups is 1. The van der Waals surface area contributed by atoms with E-state index in [2.05, 4.69) is 10.2 Å². The Kier molecular flexibility index (Phi) is 3.92. The van der Waals surface area contributed by atoms with E-state index in [0.717, 1.165) is 25.4 Å². The SMILES string of the molecule is OC1(CNC2CCN3CCCC23)CCCCCC1. The predicted molar refractivity (Wildman–Crippen MR) is 73.7 cm³/mol. The largest absolute Gasteiger partial charge is 0.389 e. The van der Waals surface area contributed by atoms with Gasteiger partial charge in [0.2, 0.25) is 0 Å². The van der Waals surface area contributed by atoms with Gasteiger partial charge in [-0.3, -0.25) is 4.90 Å². The molecular weight excluding hydrogens is 224 g/mol. The van der Waals surface area contributed by atoms with Crippen molar-refractivity contribution in [1.29, 1.82) is 0 Å². The molecule has 3 nitrogen and oxygen atoms in total. The summed E-state index contributed by atoms with van der Waals surface area (Å²) < 4.78 is 0. The Morgan fingerprint density at radius 2 is 1.78 bits per heavy atom. The fraction of sp³-hybridized carbons (Fsp3) is 1.00. The van der Waals surface area contributed by atoms with E-state index >= 15 is 0 Å². The van der Waals surface area contributed by atoms with Gasteiger partial charge in [-0.2, -0.15) is 0 Å². The van der Waals surface area contributed by atoms with Crippen molar-refractivity contribution in [3.8, 4) is 0 Å². The second kappa shape index (κ2) is 5.48. The number of rotatable bonds is 3. The maximum Gasteiger partial charge on any atom is 0.0771 e. The zero-order valence-electron chi connectivity index (χ0n) is 11.5. The first kappa shape index (κ1) is 12.9. The van der Waals surface area contributed by atoms with Crippen molar-refractivity contribution in [2.45, 2.75) is 75.5 Å². The smallest absolute Gasteiger partial charge is 0.0771 e.